The second-order valence-corrected chi connectivity index (χ2v) is 11.0. The normalized spacial score (nSPS) is 33.3. The van der Waals surface area contributed by atoms with Gasteiger partial charge in [0.2, 0.25) is 11.8 Å². The van der Waals surface area contributed by atoms with Crippen LogP contribution >= 0.6 is 0 Å². The Morgan fingerprint density at radius 2 is 1.66 bits per heavy atom. The summed E-state index contributed by atoms with van der Waals surface area (Å²) in [5.74, 6) is 1.88. The third-order valence-corrected chi connectivity index (χ3v) is 8.40. The van der Waals surface area contributed by atoms with Crippen molar-refractivity contribution < 1.29 is 14.4 Å². The van der Waals surface area contributed by atoms with Gasteiger partial charge in [0.1, 0.15) is 6.04 Å². The van der Waals surface area contributed by atoms with Gasteiger partial charge in [-0.3, -0.25) is 14.4 Å². The number of hydrogen-bond acceptors (Lipinski definition) is 3. The molecule has 1 aliphatic heterocycles. The van der Waals surface area contributed by atoms with E-state index in [4.69, 9.17) is 0 Å². The molecule has 3 amide bonds. The molecule has 5 aliphatic rings. The molecule has 0 spiro atoms. The summed E-state index contributed by atoms with van der Waals surface area (Å²) in [7, 11) is 0. The van der Waals surface area contributed by atoms with E-state index in [1.807, 2.05) is 24.3 Å². The molecule has 170 valence electrons. The van der Waals surface area contributed by atoms with Crippen LogP contribution in [0.2, 0.25) is 0 Å². The Bertz CT molecular complexity index is 913. The molecule has 1 atom stereocenters. The number of amides is 3. The van der Waals surface area contributed by atoms with Gasteiger partial charge in [-0.05, 0) is 79.9 Å². The molecule has 0 N–H and O–H groups in total. The molecule has 0 aromatic heterocycles. The fraction of sp³-hybridized carbons (Fsp3) is 0.593. The van der Waals surface area contributed by atoms with Crippen LogP contribution in [0.1, 0.15) is 70.3 Å². The van der Waals surface area contributed by atoms with Gasteiger partial charge in [-0.1, -0.05) is 32.1 Å². The summed E-state index contributed by atoms with van der Waals surface area (Å²) in [4.78, 5) is 43.3. The third-order valence-electron chi connectivity index (χ3n) is 8.40. The number of carbonyl (C=O) groups is 3. The Balaban J connectivity index is 1.40. The standard InChI is InChI=1S/C27H34N2O3/c1-4-9-28(26(32)27-14-18-10-19(15-27)12-20(11-18)16-27)23-13-24(30)29(25(23)31)22-7-5-21(6-8-22)17(2)3/h4-8,17-20,23H,1,9-16H2,2-3H3. The molecule has 32 heavy (non-hydrogen) atoms. The minimum absolute atomic E-state index is 0.0523. The van der Waals surface area contributed by atoms with E-state index >= 15 is 0 Å². The van der Waals surface area contributed by atoms with Gasteiger partial charge in [0.05, 0.1) is 17.5 Å². The lowest BCUT2D eigenvalue weighted by Crippen LogP contribution is -2.57. The smallest absolute Gasteiger partial charge is 0.257 e. The summed E-state index contributed by atoms with van der Waals surface area (Å²) >= 11 is 0. The molecular formula is C27H34N2O3. The maximum atomic E-state index is 14.0. The second-order valence-electron chi connectivity index (χ2n) is 11.0. The molecule has 1 unspecified atom stereocenters. The van der Waals surface area contributed by atoms with E-state index in [0.29, 0.717) is 35.9 Å². The van der Waals surface area contributed by atoms with Crippen LogP contribution in [0.15, 0.2) is 36.9 Å². The zero-order valence-electron chi connectivity index (χ0n) is 19.3. The van der Waals surface area contributed by atoms with Crippen LogP contribution in [0, 0.1) is 23.2 Å². The fourth-order valence-corrected chi connectivity index (χ4v) is 7.31. The van der Waals surface area contributed by atoms with Gasteiger partial charge in [-0.25, -0.2) is 4.90 Å². The van der Waals surface area contributed by atoms with Crippen LogP contribution in [0.25, 0.3) is 0 Å². The number of rotatable bonds is 6. The molecule has 1 aromatic rings. The molecule has 1 heterocycles. The maximum absolute atomic E-state index is 14.0. The highest BCUT2D eigenvalue weighted by Gasteiger charge is 2.57. The van der Waals surface area contributed by atoms with Crippen molar-refractivity contribution in [2.75, 3.05) is 11.4 Å². The first kappa shape index (κ1) is 21.4. The summed E-state index contributed by atoms with van der Waals surface area (Å²) in [5.41, 5.74) is 1.41. The zero-order chi connectivity index (χ0) is 22.6. The molecule has 1 aromatic carbocycles. The highest BCUT2D eigenvalue weighted by atomic mass is 16.2. The van der Waals surface area contributed by atoms with Crippen molar-refractivity contribution in [2.45, 2.75) is 70.8 Å². The van der Waals surface area contributed by atoms with Crippen molar-refractivity contribution in [3.8, 4) is 0 Å². The topological polar surface area (TPSA) is 57.7 Å². The van der Waals surface area contributed by atoms with Crippen LogP contribution in [0.4, 0.5) is 5.69 Å². The Morgan fingerprint density at radius 1 is 1.09 bits per heavy atom. The van der Waals surface area contributed by atoms with Crippen LogP contribution in [0.3, 0.4) is 0 Å². The molecule has 0 radical (unpaired) electrons. The molecule has 6 rings (SSSR count). The van der Waals surface area contributed by atoms with Gasteiger partial charge in [0, 0.05) is 6.54 Å². The number of nitrogens with zero attached hydrogens (tertiary/aromatic N) is 2. The van der Waals surface area contributed by atoms with E-state index in [2.05, 4.69) is 20.4 Å². The highest BCUT2D eigenvalue weighted by Crippen LogP contribution is 2.60. The van der Waals surface area contributed by atoms with Crippen molar-refractivity contribution >= 4 is 23.4 Å². The summed E-state index contributed by atoms with van der Waals surface area (Å²) in [6.07, 6.45) is 8.36. The molecule has 1 saturated heterocycles. The van der Waals surface area contributed by atoms with E-state index in [-0.39, 0.29) is 29.6 Å². The second kappa shape index (κ2) is 7.86. The van der Waals surface area contributed by atoms with Gasteiger partial charge in [0.15, 0.2) is 0 Å². The predicted octanol–water partition coefficient (Wildman–Crippen LogP) is 4.67. The lowest BCUT2D eigenvalue weighted by atomic mass is 9.49. The summed E-state index contributed by atoms with van der Waals surface area (Å²) in [6, 6.07) is 6.88. The lowest BCUT2D eigenvalue weighted by molar-refractivity contribution is -0.160. The largest absolute Gasteiger partial charge is 0.326 e. The molecule has 5 fully saturated rings. The SMILES string of the molecule is C=CCN(C(=O)C12CC3CC(CC(C3)C1)C2)C1CC(=O)N(c2ccc(C(C)C)cc2)C1=O. The minimum atomic E-state index is -0.731. The van der Waals surface area contributed by atoms with Crippen molar-refractivity contribution in [3.63, 3.8) is 0 Å². The number of imide groups is 1. The van der Waals surface area contributed by atoms with Crippen molar-refractivity contribution in [1.82, 2.24) is 4.90 Å². The van der Waals surface area contributed by atoms with Crippen LogP contribution in [-0.4, -0.2) is 35.2 Å². The van der Waals surface area contributed by atoms with E-state index in [1.54, 1.807) is 11.0 Å². The van der Waals surface area contributed by atoms with Gasteiger partial charge in [-0.2, -0.15) is 0 Å². The van der Waals surface area contributed by atoms with Gasteiger partial charge in [-0.15, -0.1) is 6.58 Å². The molecular weight excluding hydrogens is 400 g/mol. The molecule has 4 saturated carbocycles. The highest BCUT2D eigenvalue weighted by molar-refractivity contribution is 6.23. The van der Waals surface area contributed by atoms with E-state index in [0.717, 1.165) is 24.8 Å². The molecule has 4 aliphatic carbocycles. The Hall–Kier alpha value is -2.43. The Morgan fingerprint density at radius 3 is 2.16 bits per heavy atom. The average Bonchev–Trinajstić information content (AvgIpc) is 3.04. The monoisotopic (exact) mass is 434 g/mol. The molecule has 5 nitrogen and oxygen atoms in total. The zero-order valence-corrected chi connectivity index (χ0v) is 19.3. The quantitative estimate of drug-likeness (QED) is 0.483. The van der Waals surface area contributed by atoms with E-state index < -0.39 is 6.04 Å². The Labute approximate surface area is 190 Å². The summed E-state index contributed by atoms with van der Waals surface area (Å²) < 4.78 is 0. The third kappa shape index (κ3) is 3.41. The first-order chi connectivity index (χ1) is 15.3. The average molecular weight is 435 g/mol. The van der Waals surface area contributed by atoms with Crippen LogP contribution in [-0.2, 0) is 14.4 Å². The van der Waals surface area contributed by atoms with Crippen molar-refractivity contribution in [3.05, 3.63) is 42.5 Å². The van der Waals surface area contributed by atoms with Crippen LogP contribution in [0.5, 0.6) is 0 Å². The number of anilines is 1. The maximum Gasteiger partial charge on any atom is 0.257 e. The first-order valence-electron chi connectivity index (χ1n) is 12.2. The van der Waals surface area contributed by atoms with Crippen molar-refractivity contribution in [1.29, 1.82) is 0 Å². The van der Waals surface area contributed by atoms with E-state index in [9.17, 15) is 14.4 Å². The van der Waals surface area contributed by atoms with Gasteiger partial charge >= 0.3 is 0 Å². The van der Waals surface area contributed by atoms with Crippen molar-refractivity contribution in [2.24, 2.45) is 23.2 Å². The van der Waals surface area contributed by atoms with Crippen LogP contribution < -0.4 is 4.90 Å². The van der Waals surface area contributed by atoms with E-state index in [1.165, 1.54) is 24.2 Å². The molecule has 5 heteroatoms. The Kier molecular flexibility index (Phi) is 5.26. The van der Waals surface area contributed by atoms with Gasteiger partial charge in [0.25, 0.3) is 5.91 Å². The number of carbonyl (C=O) groups excluding carboxylic acids is 3. The number of benzene rings is 1. The summed E-state index contributed by atoms with van der Waals surface area (Å²) in [6.45, 7) is 8.38. The molecule has 4 bridgehead atoms. The summed E-state index contributed by atoms with van der Waals surface area (Å²) in [5, 5.41) is 0. The first-order valence-corrected chi connectivity index (χ1v) is 12.2. The lowest BCUT2D eigenvalue weighted by Gasteiger charge is -2.56. The minimum Gasteiger partial charge on any atom is -0.326 e. The van der Waals surface area contributed by atoms with Gasteiger partial charge < -0.3 is 4.90 Å². The fourth-order valence-electron chi connectivity index (χ4n) is 7.31. The predicted molar refractivity (Wildman–Crippen MR) is 124 cm³/mol. The number of hydrogen-bond donors (Lipinski definition) is 0.